The first-order valence-electron chi connectivity index (χ1n) is 8.33. The van der Waals surface area contributed by atoms with E-state index < -0.39 is 30.4 Å². The van der Waals surface area contributed by atoms with E-state index in [1.807, 2.05) is 0 Å². The Labute approximate surface area is 162 Å². The normalized spacial score (nSPS) is 12.8. The molecule has 0 saturated carbocycles. The van der Waals surface area contributed by atoms with Gasteiger partial charge in [0.05, 0.1) is 16.8 Å². The number of hydrogen-bond donors (Lipinski definition) is 1. The Kier molecular flexibility index (Phi) is 5.71. The second-order valence-electron chi connectivity index (χ2n) is 5.83. The molecule has 0 spiro atoms. The van der Waals surface area contributed by atoms with Crippen LogP contribution in [0.4, 0.5) is 18.9 Å². The number of ketones is 1. The quantitative estimate of drug-likeness (QED) is 0.603. The molecule has 0 fully saturated rings. The fourth-order valence-corrected chi connectivity index (χ4v) is 2.54. The number of Topliss-reactive ketones (excluding diaryl/α,β-unsaturated/α-hetero) is 1. The molecule has 3 rings (SSSR count). The van der Waals surface area contributed by atoms with Crippen molar-refractivity contribution in [2.45, 2.75) is 6.18 Å². The lowest BCUT2D eigenvalue weighted by atomic mass is 10.1. The fraction of sp³-hybridized carbons (Fsp3) is 0.211. The van der Waals surface area contributed by atoms with Gasteiger partial charge in [0.25, 0.3) is 0 Å². The van der Waals surface area contributed by atoms with E-state index in [1.54, 1.807) is 17.4 Å². The van der Waals surface area contributed by atoms with Crippen molar-refractivity contribution in [3.63, 3.8) is 0 Å². The first-order valence-corrected chi connectivity index (χ1v) is 8.33. The highest BCUT2D eigenvalue weighted by Gasteiger charge is 2.39. The SMILES string of the molecule is O=C(OCC(=O)c1cccc2c1OCCO2)c1ccccc1NC(=O)C(F)(F)F. The van der Waals surface area contributed by atoms with E-state index in [1.165, 1.54) is 24.3 Å². The monoisotopic (exact) mass is 409 g/mol. The van der Waals surface area contributed by atoms with Crippen molar-refractivity contribution >= 4 is 23.3 Å². The van der Waals surface area contributed by atoms with Crippen LogP contribution in [0.1, 0.15) is 20.7 Å². The Morgan fingerprint density at radius 2 is 1.66 bits per heavy atom. The number of amides is 1. The lowest BCUT2D eigenvalue weighted by Crippen LogP contribution is -2.30. The molecule has 0 saturated heterocycles. The standard InChI is InChI=1S/C19H14F3NO6/c20-19(21,22)18(26)23-13-6-2-1-4-11(13)17(25)29-10-14(24)12-5-3-7-15-16(12)28-9-8-27-15/h1-7H,8-10H2,(H,23,26). The van der Waals surface area contributed by atoms with Crippen molar-refractivity contribution in [1.29, 1.82) is 0 Å². The van der Waals surface area contributed by atoms with Crippen LogP contribution in [0.25, 0.3) is 0 Å². The molecule has 0 aromatic heterocycles. The van der Waals surface area contributed by atoms with Crippen molar-refractivity contribution in [2.24, 2.45) is 0 Å². The third-order valence-corrected chi connectivity index (χ3v) is 3.85. The van der Waals surface area contributed by atoms with Crippen LogP contribution >= 0.6 is 0 Å². The van der Waals surface area contributed by atoms with Gasteiger partial charge < -0.3 is 19.5 Å². The molecule has 2 aromatic rings. The Morgan fingerprint density at radius 3 is 2.41 bits per heavy atom. The summed E-state index contributed by atoms with van der Waals surface area (Å²) in [5.74, 6) is -3.27. The van der Waals surface area contributed by atoms with Gasteiger partial charge in [-0.3, -0.25) is 9.59 Å². The molecular formula is C19H14F3NO6. The van der Waals surface area contributed by atoms with E-state index in [4.69, 9.17) is 14.2 Å². The number of carbonyl (C=O) groups excluding carboxylic acids is 3. The van der Waals surface area contributed by atoms with Gasteiger partial charge in [0.2, 0.25) is 5.78 Å². The Balaban J connectivity index is 1.71. The van der Waals surface area contributed by atoms with Gasteiger partial charge in [-0.1, -0.05) is 18.2 Å². The van der Waals surface area contributed by atoms with E-state index in [0.717, 1.165) is 6.07 Å². The van der Waals surface area contributed by atoms with Crippen molar-refractivity contribution in [1.82, 2.24) is 0 Å². The zero-order valence-electron chi connectivity index (χ0n) is 14.7. The average molecular weight is 409 g/mol. The van der Waals surface area contributed by atoms with E-state index in [0.29, 0.717) is 12.4 Å². The molecule has 0 radical (unpaired) electrons. The number of carbonyl (C=O) groups is 3. The van der Waals surface area contributed by atoms with Crippen LogP contribution in [0.2, 0.25) is 0 Å². The predicted octanol–water partition coefficient (Wildman–Crippen LogP) is 3.00. The first-order chi connectivity index (χ1) is 13.8. The van der Waals surface area contributed by atoms with Crippen LogP contribution < -0.4 is 14.8 Å². The highest BCUT2D eigenvalue weighted by Crippen LogP contribution is 2.33. The summed E-state index contributed by atoms with van der Waals surface area (Å²) in [4.78, 5) is 35.8. The molecular weight excluding hydrogens is 395 g/mol. The van der Waals surface area contributed by atoms with Gasteiger partial charge in [-0.15, -0.1) is 0 Å². The lowest BCUT2D eigenvalue weighted by molar-refractivity contribution is -0.167. The second-order valence-corrected chi connectivity index (χ2v) is 5.83. The first kappa shape index (κ1) is 20.2. The molecule has 10 heteroatoms. The van der Waals surface area contributed by atoms with Gasteiger partial charge in [-0.2, -0.15) is 13.2 Å². The molecule has 2 aromatic carbocycles. The summed E-state index contributed by atoms with van der Waals surface area (Å²) >= 11 is 0. The summed E-state index contributed by atoms with van der Waals surface area (Å²) in [5.41, 5.74) is -0.567. The van der Waals surface area contributed by atoms with E-state index in [-0.39, 0.29) is 29.2 Å². The number of hydrogen-bond acceptors (Lipinski definition) is 6. The highest BCUT2D eigenvalue weighted by atomic mass is 19.4. The molecule has 1 aliphatic rings. The number of benzene rings is 2. The molecule has 0 atom stereocenters. The Hall–Kier alpha value is -3.56. The number of alkyl halides is 3. The summed E-state index contributed by atoms with van der Waals surface area (Å²) in [6, 6.07) is 9.66. The maximum Gasteiger partial charge on any atom is 0.471 e. The Bertz CT molecular complexity index is 957. The smallest absolute Gasteiger partial charge is 0.471 e. The van der Waals surface area contributed by atoms with E-state index in [9.17, 15) is 27.6 Å². The molecule has 1 aliphatic heterocycles. The number of esters is 1. The zero-order valence-corrected chi connectivity index (χ0v) is 14.7. The summed E-state index contributed by atoms with van der Waals surface area (Å²) in [7, 11) is 0. The number of ether oxygens (including phenoxy) is 3. The number of nitrogens with one attached hydrogen (secondary N) is 1. The molecule has 1 N–H and O–H groups in total. The molecule has 0 unspecified atom stereocenters. The minimum atomic E-state index is -5.12. The van der Waals surface area contributed by atoms with Crippen LogP contribution in [-0.2, 0) is 9.53 Å². The van der Waals surface area contributed by atoms with Gasteiger partial charge in [0, 0.05) is 0 Å². The molecule has 1 amide bonds. The number of rotatable bonds is 5. The second kappa shape index (κ2) is 8.21. The maximum absolute atomic E-state index is 12.5. The van der Waals surface area contributed by atoms with Crippen molar-refractivity contribution in [2.75, 3.05) is 25.1 Å². The van der Waals surface area contributed by atoms with Crippen LogP contribution in [0, 0.1) is 0 Å². The third kappa shape index (κ3) is 4.65. The van der Waals surface area contributed by atoms with Crippen LogP contribution in [0.3, 0.4) is 0 Å². The number of anilines is 1. The van der Waals surface area contributed by atoms with Crippen molar-refractivity contribution in [3.05, 3.63) is 53.6 Å². The molecule has 0 aliphatic carbocycles. The Morgan fingerprint density at radius 1 is 0.966 bits per heavy atom. The van der Waals surface area contributed by atoms with Crippen LogP contribution in [0.15, 0.2) is 42.5 Å². The number of para-hydroxylation sites is 2. The van der Waals surface area contributed by atoms with Crippen molar-refractivity contribution < 1.29 is 41.8 Å². The summed E-state index contributed by atoms with van der Waals surface area (Å²) in [6.07, 6.45) is -5.12. The number of fused-ring (bicyclic) bond motifs is 1. The topological polar surface area (TPSA) is 90.9 Å². The van der Waals surface area contributed by atoms with Gasteiger partial charge in [-0.05, 0) is 24.3 Å². The molecule has 0 bridgehead atoms. The zero-order chi connectivity index (χ0) is 21.0. The summed E-state index contributed by atoms with van der Waals surface area (Å²) < 4.78 is 53.1. The maximum atomic E-state index is 12.5. The predicted molar refractivity (Wildman–Crippen MR) is 93.2 cm³/mol. The van der Waals surface area contributed by atoms with Crippen molar-refractivity contribution in [3.8, 4) is 11.5 Å². The summed E-state index contributed by atoms with van der Waals surface area (Å²) in [5, 5.41) is 1.61. The van der Waals surface area contributed by atoms with Gasteiger partial charge in [-0.25, -0.2) is 4.79 Å². The molecule has 29 heavy (non-hydrogen) atoms. The highest BCUT2D eigenvalue weighted by molar-refractivity contribution is 6.05. The van der Waals surface area contributed by atoms with E-state index >= 15 is 0 Å². The molecule has 7 nitrogen and oxygen atoms in total. The minimum absolute atomic E-state index is 0.147. The minimum Gasteiger partial charge on any atom is -0.486 e. The molecule has 1 heterocycles. The van der Waals surface area contributed by atoms with Gasteiger partial charge in [0.1, 0.15) is 13.2 Å². The lowest BCUT2D eigenvalue weighted by Gasteiger charge is -2.20. The summed E-state index contributed by atoms with van der Waals surface area (Å²) in [6.45, 7) is -0.0936. The average Bonchev–Trinajstić information content (AvgIpc) is 2.71. The van der Waals surface area contributed by atoms with E-state index in [2.05, 4.69) is 0 Å². The third-order valence-electron chi connectivity index (χ3n) is 3.85. The van der Waals surface area contributed by atoms with Crippen LogP contribution in [-0.4, -0.2) is 43.7 Å². The van der Waals surface area contributed by atoms with Gasteiger partial charge in [0.15, 0.2) is 18.1 Å². The number of halogens is 3. The van der Waals surface area contributed by atoms with Gasteiger partial charge >= 0.3 is 18.1 Å². The molecule has 152 valence electrons. The largest absolute Gasteiger partial charge is 0.486 e. The van der Waals surface area contributed by atoms with Crippen LogP contribution in [0.5, 0.6) is 11.5 Å². The fourth-order valence-electron chi connectivity index (χ4n) is 2.54.